The van der Waals surface area contributed by atoms with E-state index in [1.807, 2.05) is 6.92 Å². The molecule has 1 heterocycles. The van der Waals surface area contributed by atoms with Crippen LogP contribution >= 0.6 is 11.3 Å². The van der Waals surface area contributed by atoms with E-state index in [9.17, 15) is 13.2 Å². The van der Waals surface area contributed by atoms with Gasteiger partial charge in [-0.3, -0.25) is 0 Å². The number of methoxy groups -OCH3 is 1. The Kier molecular flexibility index (Phi) is 4.23. The molecule has 0 atom stereocenters. The first-order chi connectivity index (χ1) is 8.23. The van der Waals surface area contributed by atoms with Crippen molar-refractivity contribution < 1.29 is 17.9 Å². The third-order valence-corrected chi connectivity index (χ3v) is 5.03. The predicted octanol–water partition coefficient (Wildman–Crippen LogP) is 0.977. The highest BCUT2D eigenvalue weighted by molar-refractivity contribution is 7.91. The van der Waals surface area contributed by atoms with Gasteiger partial charge in [0, 0.05) is 19.8 Å². The van der Waals surface area contributed by atoms with Crippen molar-refractivity contribution in [1.29, 1.82) is 0 Å². The first kappa shape index (κ1) is 14.8. The molecule has 1 aromatic heterocycles. The summed E-state index contributed by atoms with van der Waals surface area (Å²) < 4.78 is 28.1. The molecule has 0 fully saturated rings. The first-order valence-corrected chi connectivity index (χ1v) is 7.86. The van der Waals surface area contributed by atoms with Crippen molar-refractivity contribution in [3.8, 4) is 0 Å². The topological polar surface area (TPSA) is 89.7 Å². The van der Waals surface area contributed by atoms with Gasteiger partial charge in [0.25, 0.3) is 0 Å². The number of hydrogen-bond acceptors (Lipinski definition) is 7. The van der Waals surface area contributed by atoms with Crippen LogP contribution in [-0.2, 0) is 14.6 Å². The molecule has 0 bridgehead atoms. The van der Waals surface area contributed by atoms with E-state index in [1.165, 1.54) is 7.11 Å². The molecule has 0 unspecified atom stereocenters. The number of hydrogen-bond donors (Lipinski definition) is 1. The van der Waals surface area contributed by atoms with Gasteiger partial charge in [0.05, 0.1) is 12.8 Å². The normalized spacial score (nSPS) is 11.3. The number of carbonyl (C=O) groups excluding carboxylic acids is 1. The fraction of sp³-hybridized carbons (Fsp3) is 0.500. The lowest BCUT2D eigenvalue weighted by Gasteiger charge is -2.15. The van der Waals surface area contributed by atoms with Crippen LogP contribution in [-0.4, -0.2) is 41.3 Å². The van der Waals surface area contributed by atoms with Gasteiger partial charge < -0.3 is 15.4 Å². The van der Waals surface area contributed by atoms with Crippen LogP contribution in [0.15, 0.2) is 4.90 Å². The number of esters is 1. The van der Waals surface area contributed by atoms with Crippen molar-refractivity contribution in [2.75, 3.05) is 37.6 Å². The summed E-state index contributed by atoms with van der Waals surface area (Å²) in [6, 6.07) is 0. The number of ether oxygens (including phenoxy) is 1. The largest absolute Gasteiger partial charge is 0.465 e. The van der Waals surface area contributed by atoms with Crippen LogP contribution in [0.3, 0.4) is 0 Å². The zero-order chi connectivity index (χ0) is 14.1. The smallest absolute Gasteiger partial charge is 0.350 e. The molecule has 0 aliphatic carbocycles. The zero-order valence-corrected chi connectivity index (χ0v) is 12.3. The van der Waals surface area contributed by atoms with Crippen LogP contribution < -0.4 is 10.6 Å². The SMILES string of the molecule is CCN(C)c1sc(C(=O)OC)c(N)c1S(C)(=O)=O. The Bertz CT molecular complexity index is 563. The molecule has 1 rings (SSSR count). The molecule has 0 spiro atoms. The highest BCUT2D eigenvalue weighted by Gasteiger charge is 2.28. The lowest BCUT2D eigenvalue weighted by Crippen LogP contribution is -2.17. The fourth-order valence-electron chi connectivity index (χ4n) is 1.41. The number of nitrogens with zero attached hydrogens (tertiary/aromatic N) is 1. The van der Waals surface area contributed by atoms with Gasteiger partial charge in [0.15, 0.2) is 9.84 Å². The van der Waals surface area contributed by atoms with Gasteiger partial charge in [-0.2, -0.15) is 0 Å². The number of anilines is 2. The van der Waals surface area contributed by atoms with Crippen molar-refractivity contribution in [3.05, 3.63) is 4.88 Å². The second kappa shape index (κ2) is 5.15. The summed E-state index contributed by atoms with van der Waals surface area (Å²) in [5, 5.41) is 0.456. The Labute approximate surface area is 110 Å². The minimum absolute atomic E-state index is 0.00255. The molecule has 0 aliphatic rings. The van der Waals surface area contributed by atoms with E-state index in [-0.39, 0.29) is 15.5 Å². The van der Waals surface area contributed by atoms with E-state index in [4.69, 9.17) is 5.73 Å². The zero-order valence-electron chi connectivity index (χ0n) is 10.7. The fourth-order valence-corrected chi connectivity index (χ4v) is 4.09. The van der Waals surface area contributed by atoms with Gasteiger partial charge in [0.2, 0.25) is 0 Å². The first-order valence-electron chi connectivity index (χ1n) is 5.15. The number of nitrogens with two attached hydrogens (primary N) is 1. The van der Waals surface area contributed by atoms with Crippen molar-refractivity contribution in [3.63, 3.8) is 0 Å². The number of rotatable bonds is 4. The van der Waals surface area contributed by atoms with Crippen LogP contribution in [0.5, 0.6) is 0 Å². The average molecular weight is 292 g/mol. The van der Waals surface area contributed by atoms with Crippen LogP contribution in [0.25, 0.3) is 0 Å². The summed E-state index contributed by atoms with van der Waals surface area (Å²) in [6.45, 7) is 2.48. The van der Waals surface area contributed by atoms with E-state index in [0.29, 0.717) is 11.5 Å². The molecule has 0 aliphatic heterocycles. The van der Waals surface area contributed by atoms with Gasteiger partial charge in [0.1, 0.15) is 14.8 Å². The van der Waals surface area contributed by atoms with E-state index in [0.717, 1.165) is 17.6 Å². The van der Waals surface area contributed by atoms with E-state index in [1.54, 1.807) is 11.9 Å². The van der Waals surface area contributed by atoms with Crippen LogP contribution in [0, 0.1) is 0 Å². The summed E-state index contributed by atoms with van der Waals surface area (Å²) in [5.41, 5.74) is 5.73. The summed E-state index contributed by atoms with van der Waals surface area (Å²) >= 11 is 1.03. The summed E-state index contributed by atoms with van der Waals surface area (Å²) in [4.78, 5) is 13.4. The molecule has 0 radical (unpaired) electrons. The molecule has 8 heteroatoms. The summed E-state index contributed by atoms with van der Waals surface area (Å²) in [7, 11) is -0.540. The predicted molar refractivity (Wildman–Crippen MR) is 72.1 cm³/mol. The highest BCUT2D eigenvalue weighted by Crippen LogP contribution is 2.41. The molecular weight excluding hydrogens is 276 g/mol. The summed E-state index contributed by atoms with van der Waals surface area (Å²) in [5.74, 6) is -0.627. The number of sulfone groups is 1. The second-order valence-corrected chi connectivity index (χ2v) is 6.71. The third kappa shape index (κ3) is 2.59. The Balaban J connectivity index is 3.56. The quantitative estimate of drug-likeness (QED) is 0.832. The lowest BCUT2D eigenvalue weighted by atomic mass is 10.4. The van der Waals surface area contributed by atoms with Crippen molar-refractivity contribution in [2.24, 2.45) is 0 Å². The monoisotopic (exact) mass is 292 g/mol. The minimum Gasteiger partial charge on any atom is -0.465 e. The van der Waals surface area contributed by atoms with Gasteiger partial charge in [-0.15, -0.1) is 11.3 Å². The van der Waals surface area contributed by atoms with Crippen molar-refractivity contribution in [1.82, 2.24) is 0 Å². The molecule has 1 aromatic rings. The highest BCUT2D eigenvalue weighted by atomic mass is 32.2. The van der Waals surface area contributed by atoms with E-state index >= 15 is 0 Å². The van der Waals surface area contributed by atoms with Gasteiger partial charge >= 0.3 is 5.97 Å². The van der Waals surface area contributed by atoms with Crippen molar-refractivity contribution >= 4 is 37.8 Å². The maximum absolute atomic E-state index is 11.8. The third-order valence-electron chi connectivity index (χ3n) is 2.44. The van der Waals surface area contributed by atoms with Gasteiger partial charge in [-0.05, 0) is 6.92 Å². The number of thiophene rings is 1. The minimum atomic E-state index is -3.50. The van der Waals surface area contributed by atoms with E-state index < -0.39 is 15.8 Å². The molecular formula is C10H16N2O4S2. The Hall–Kier alpha value is -1.28. The summed E-state index contributed by atoms with van der Waals surface area (Å²) in [6.07, 6.45) is 1.07. The number of nitrogen functional groups attached to an aromatic ring is 1. The molecule has 0 aromatic carbocycles. The van der Waals surface area contributed by atoms with Crippen LogP contribution in [0.1, 0.15) is 16.6 Å². The second-order valence-electron chi connectivity index (χ2n) is 3.76. The molecule has 6 nitrogen and oxygen atoms in total. The molecule has 2 N–H and O–H groups in total. The molecule has 0 amide bonds. The molecule has 0 saturated carbocycles. The molecule has 0 saturated heterocycles. The lowest BCUT2D eigenvalue weighted by molar-refractivity contribution is 0.0607. The maximum Gasteiger partial charge on any atom is 0.350 e. The number of carbonyl (C=O) groups is 1. The maximum atomic E-state index is 11.8. The Morgan fingerprint density at radius 2 is 2.06 bits per heavy atom. The molecule has 102 valence electrons. The van der Waals surface area contributed by atoms with Crippen molar-refractivity contribution in [2.45, 2.75) is 11.8 Å². The Morgan fingerprint density at radius 1 is 1.50 bits per heavy atom. The standard InChI is InChI=1S/C10H16N2O4S2/c1-5-12(2)9-8(18(4,14)15)6(11)7(17-9)10(13)16-3/h5,11H2,1-4H3. The van der Waals surface area contributed by atoms with Crippen LogP contribution in [0.2, 0.25) is 0 Å². The van der Waals surface area contributed by atoms with Crippen LogP contribution in [0.4, 0.5) is 10.7 Å². The molecule has 18 heavy (non-hydrogen) atoms. The van der Waals surface area contributed by atoms with E-state index in [2.05, 4.69) is 4.74 Å². The Morgan fingerprint density at radius 3 is 2.44 bits per heavy atom. The van der Waals surface area contributed by atoms with Gasteiger partial charge in [-0.1, -0.05) is 0 Å². The van der Waals surface area contributed by atoms with Gasteiger partial charge in [-0.25, -0.2) is 13.2 Å². The average Bonchev–Trinajstić information content (AvgIpc) is 2.64.